The summed E-state index contributed by atoms with van der Waals surface area (Å²) < 4.78 is 16.0. The highest BCUT2D eigenvalue weighted by Crippen LogP contribution is 2.14. The minimum atomic E-state index is -0.233. The van der Waals surface area contributed by atoms with E-state index < -0.39 is 0 Å². The van der Waals surface area contributed by atoms with Crippen LogP contribution in [0, 0.1) is 0 Å². The molecule has 0 aromatic rings. The summed E-state index contributed by atoms with van der Waals surface area (Å²) in [6.45, 7) is 4.26. The fraction of sp³-hybridized carbons (Fsp3) is 0.750. The predicted molar refractivity (Wildman–Crippen MR) is 64.8 cm³/mol. The molecule has 18 heavy (non-hydrogen) atoms. The van der Waals surface area contributed by atoms with Gasteiger partial charge < -0.3 is 24.8 Å². The average Bonchev–Trinajstić information content (AvgIpc) is 2.39. The molecular weight excluding hydrogens is 236 g/mol. The number of ether oxygens (including phenoxy) is 3. The number of allylic oxidation sites excluding steroid dienone is 1. The van der Waals surface area contributed by atoms with Gasteiger partial charge in [0, 0.05) is 13.7 Å². The van der Waals surface area contributed by atoms with Crippen molar-refractivity contribution < 1.29 is 19.0 Å². The Hall–Kier alpha value is -1.27. The van der Waals surface area contributed by atoms with Crippen LogP contribution in [0.2, 0.25) is 0 Å². The molecular formula is C12H20N2O4. The SMILES string of the molecule is CO[C@@H]1CCNC[C@@H]1NC(=O)C1=C(C)OCCO1. The van der Waals surface area contributed by atoms with Crippen molar-refractivity contribution in [1.29, 1.82) is 0 Å². The number of piperidine rings is 1. The van der Waals surface area contributed by atoms with Gasteiger partial charge in [-0.3, -0.25) is 4.79 Å². The van der Waals surface area contributed by atoms with Crippen LogP contribution in [0.15, 0.2) is 11.5 Å². The van der Waals surface area contributed by atoms with E-state index in [2.05, 4.69) is 10.6 Å². The quantitative estimate of drug-likeness (QED) is 0.729. The van der Waals surface area contributed by atoms with E-state index in [1.807, 2.05) is 0 Å². The topological polar surface area (TPSA) is 68.8 Å². The van der Waals surface area contributed by atoms with Crippen molar-refractivity contribution in [3.63, 3.8) is 0 Å². The van der Waals surface area contributed by atoms with E-state index >= 15 is 0 Å². The van der Waals surface area contributed by atoms with Gasteiger partial charge in [0.15, 0.2) is 0 Å². The van der Waals surface area contributed by atoms with Gasteiger partial charge >= 0.3 is 0 Å². The molecule has 0 aromatic heterocycles. The molecule has 0 unspecified atom stereocenters. The molecule has 0 bridgehead atoms. The summed E-state index contributed by atoms with van der Waals surface area (Å²) in [4.78, 5) is 12.1. The highest BCUT2D eigenvalue weighted by Gasteiger charge is 2.29. The first kappa shape index (κ1) is 13.2. The Labute approximate surface area is 107 Å². The molecule has 0 aromatic carbocycles. The van der Waals surface area contributed by atoms with E-state index in [-0.39, 0.29) is 23.8 Å². The maximum Gasteiger partial charge on any atom is 0.290 e. The van der Waals surface area contributed by atoms with Crippen LogP contribution in [0.25, 0.3) is 0 Å². The van der Waals surface area contributed by atoms with Crippen LogP contribution in [0.3, 0.4) is 0 Å². The summed E-state index contributed by atoms with van der Waals surface area (Å²) >= 11 is 0. The molecule has 6 heteroatoms. The monoisotopic (exact) mass is 256 g/mol. The van der Waals surface area contributed by atoms with E-state index in [1.165, 1.54) is 0 Å². The molecule has 0 radical (unpaired) electrons. The molecule has 2 heterocycles. The van der Waals surface area contributed by atoms with E-state index in [1.54, 1.807) is 14.0 Å². The van der Waals surface area contributed by atoms with Crippen molar-refractivity contribution in [2.75, 3.05) is 33.4 Å². The Kier molecular flexibility index (Phi) is 4.43. The van der Waals surface area contributed by atoms with Gasteiger partial charge in [0.25, 0.3) is 5.91 Å². The zero-order valence-electron chi connectivity index (χ0n) is 10.8. The Morgan fingerprint density at radius 3 is 2.94 bits per heavy atom. The molecule has 2 aliphatic rings. The Morgan fingerprint density at radius 2 is 2.22 bits per heavy atom. The Bertz CT molecular complexity index is 343. The Balaban J connectivity index is 1.97. The lowest BCUT2D eigenvalue weighted by Crippen LogP contribution is -2.54. The van der Waals surface area contributed by atoms with Crippen molar-refractivity contribution in [3.8, 4) is 0 Å². The number of rotatable bonds is 3. The first-order valence-corrected chi connectivity index (χ1v) is 6.23. The number of methoxy groups -OCH3 is 1. The zero-order chi connectivity index (χ0) is 13.0. The van der Waals surface area contributed by atoms with E-state index in [0.717, 1.165) is 13.0 Å². The van der Waals surface area contributed by atoms with Crippen molar-refractivity contribution in [2.24, 2.45) is 0 Å². The number of carbonyl (C=O) groups excluding carboxylic acids is 1. The minimum Gasteiger partial charge on any atom is -0.491 e. The summed E-state index contributed by atoms with van der Waals surface area (Å²) in [7, 11) is 1.67. The van der Waals surface area contributed by atoms with E-state index in [9.17, 15) is 4.79 Å². The van der Waals surface area contributed by atoms with Crippen LogP contribution in [-0.2, 0) is 19.0 Å². The average molecular weight is 256 g/mol. The number of hydrogen-bond acceptors (Lipinski definition) is 5. The van der Waals surface area contributed by atoms with Gasteiger partial charge in [-0.2, -0.15) is 0 Å². The minimum absolute atomic E-state index is 0.0397. The third-order valence-corrected chi connectivity index (χ3v) is 3.21. The lowest BCUT2D eigenvalue weighted by atomic mass is 10.0. The van der Waals surface area contributed by atoms with Crippen molar-refractivity contribution >= 4 is 5.91 Å². The maximum absolute atomic E-state index is 12.1. The fourth-order valence-electron chi connectivity index (χ4n) is 2.23. The molecule has 1 fully saturated rings. The number of carbonyl (C=O) groups is 1. The van der Waals surface area contributed by atoms with Crippen LogP contribution in [-0.4, -0.2) is 51.5 Å². The van der Waals surface area contributed by atoms with Gasteiger partial charge in [-0.15, -0.1) is 0 Å². The summed E-state index contributed by atoms with van der Waals surface area (Å²) in [5.74, 6) is 0.584. The first-order chi connectivity index (χ1) is 8.72. The maximum atomic E-state index is 12.1. The first-order valence-electron chi connectivity index (χ1n) is 6.23. The summed E-state index contributed by atoms with van der Waals surface area (Å²) in [6.07, 6.45) is 0.928. The largest absolute Gasteiger partial charge is 0.491 e. The summed E-state index contributed by atoms with van der Waals surface area (Å²) in [6, 6.07) is -0.0397. The molecule has 0 spiro atoms. The summed E-state index contributed by atoms with van der Waals surface area (Å²) in [5.41, 5.74) is 0. The van der Waals surface area contributed by atoms with E-state index in [0.29, 0.717) is 25.5 Å². The lowest BCUT2D eigenvalue weighted by Gasteiger charge is -2.32. The van der Waals surface area contributed by atoms with Gasteiger partial charge in [-0.05, 0) is 19.9 Å². The number of hydrogen-bond donors (Lipinski definition) is 2. The molecule has 0 aliphatic carbocycles. The van der Waals surface area contributed by atoms with Gasteiger partial charge in [0.1, 0.15) is 19.0 Å². The lowest BCUT2D eigenvalue weighted by molar-refractivity contribution is -0.124. The summed E-state index contributed by atoms with van der Waals surface area (Å²) in [5, 5.41) is 6.17. The van der Waals surface area contributed by atoms with Crippen LogP contribution >= 0.6 is 0 Å². The van der Waals surface area contributed by atoms with Crippen LogP contribution in [0.4, 0.5) is 0 Å². The standard InChI is InChI=1S/C12H20N2O4/c1-8-11(18-6-5-17-8)12(15)14-9-7-13-4-3-10(9)16-2/h9-10,13H,3-7H2,1-2H3,(H,14,15)/t9-,10+/m0/s1. The molecule has 2 N–H and O–H groups in total. The zero-order valence-corrected chi connectivity index (χ0v) is 10.8. The van der Waals surface area contributed by atoms with Crippen LogP contribution < -0.4 is 10.6 Å². The van der Waals surface area contributed by atoms with Gasteiger partial charge in [-0.25, -0.2) is 0 Å². The predicted octanol–water partition coefficient (Wildman–Crippen LogP) is -0.242. The van der Waals surface area contributed by atoms with Crippen LogP contribution in [0.1, 0.15) is 13.3 Å². The molecule has 102 valence electrons. The van der Waals surface area contributed by atoms with Crippen molar-refractivity contribution in [1.82, 2.24) is 10.6 Å². The van der Waals surface area contributed by atoms with Crippen LogP contribution in [0.5, 0.6) is 0 Å². The smallest absolute Gasteiger partial charge is 0.290 e. The third kappa shape index (κ3) is 2.94. The normalized spacial score (nSPS) is 28.3. The molecule has 6 nitrogen and oxygen atoms in total. The fourth-order valence-corrected chi connectivity index (χ4v) is 2.23. The van der Waals surface area contributed by atoms with E-state index in [4.69, 9.17) is 14.2 Å². The molecule has 1 amide bonds. The van der Waals surface area contributed by atoms with Crippen molar-refractivity contribution in [2.45, 2.75) is 25.5 Å². The highest BCUT2D eigenvalue weighted by molar-refractivity contribution is 5.92. The van der Waals surface area contributed by atoms with Gasteiger partial charge in [0.2, 0.25) is 5.76 Å². The van der Waals surface area contributed by atoms with Gasteiger partial charge in [-0.1, -0.05) is 0 Å². The Morgan fingerprint density at radius 1 is 1.44 bits per heavy atom. The third-order valence-electron chi connectivity index (χ3n) is 3.21. The number of amides is 1. The van der Waals surface area contributed by atoms with Gasteiger partial charge in [0.05, 0.1) is 12.1 Å². The molecule has 2 aliphatic heterocycles. The highest BCUT2D eigenvalue weighted by atomic mass is 16.6. The molecule has 2 atom stereocenters. The second-order valence-electron chi connectivity index (χ2n) is 4.43. The molecule has 0 saturated carbocycles. The van der Waals surface area contributed by atoms with Crippen molar-refractivity contribution in [3.05, 3.63) is 11.5 Å². The molecule has 2 rings (SSSR count). The second kappa shape index (κ2) is 6.06. The molecule has 1 saturated heterocycles. The number of nitrogens with one attached hydrogen (secondary N) is 2. The second-order valence-corrected chi connectivity index (χ2v) is 4.43.